The van der Waals surface area contributed by atoms with Gasteiger partial charge in [-0.3, -0.25) is 4.90 Å². The Morgan fingerprint density at radius 2 is 1.94 bits per heavy atom. The van der Waals surface area contributed by atoms with Gasteiger partial charge in [-0.2, -0.15) is 0 Å². The highest BCUT2D eigenvalue weighted by Crippen LogP contribution is 2.30. The van der Waals surface area contributed by atoms with E-state index in [0.717, 1.165) is 54.9 Å². The third-order valence-electron chi connectivity index (χ3n) is 6.07. The highest BCUT2D eigenvalue weighted by molar-refractivity contribution is 5.63. The summed E-state index contributed by atoms with van der Waals surface area (Å²) in [4.78, 5) is 11.8. The van der Waals surface area contributed by atoms with E-state index in [4.69, 9.17) is 9.72 Å². The molecular weight excluding hydrogens is 384 g/mol. The maximum absolute atomic E-state index is 6.06. The molecule has 1 unspecified atom stereocenters. The van der Waals surface area contributed by atoms with Crippen LogP contribution in [0.5, 0.6) is 5.75 Å². The maximum atomic E-state index is 6.06. The van der Waals surface area contributed by atoms with Gasteiger partial charge in [0.15, 0.2) is 0 Å². The Bertz CT molecular complexity index is 1030. The summed E-state index contributed by atoms with van der Waals surface area (Å²) < 4.78 is 6.06. The molecule has 1 fully saturated rings. The quantitative estimate of drug-likeness (QED) is 0.557. The number of hydrogen-bond acceptors (Lipinski definition) is 5. The monoisotopic (exact) mass is 414 g/mol. The minimum Gasteiger partial charge on any atom is -0.494 e. The minimum atomic E-state index is 0.606. The summed E-state index contributed by atoms with van der Waals surface area (Å²) in [5, 5.41) is 3.39. The van der Waals surface area contributed by atoms with E-state index < -0.39 is 0 Å². The lowest BCUT2D eigenvalue weighted by atomic mass is 10.0. The van der Waals surface area contributed by atoms with Crippen molar-refractivity contribution in [1.82, 2.24) is 14.9 Å². The van der Waals surface area contributed by atoms with E-state index in [0.29, 0.717) is 11.9 Å². The highest BCUT2D eigenvalue weighted by atomic mass is 16.5. The van der Waals surface area contributed by atoms with Crippen LogP contribution in [0.25, 0.3) is 11.3 Å². The van der Waals surface area contributed by atoms with E-state index in [1.54, 1.807) is 6.20 Å². The van der Waals surface area contributed by atoms with E-state index in [9.17, 15) is 0 Å². The molecule has 31 heavy (non-hydrogen) atoms. The molecule has 2 aromatic carbocycles. The fourth-order valence-electron chi connectivity index (χ4n) is 4.33. The summed E-state index contributed by atoms with van der Waals surface area (Å²) in [5.41, 5.74) is 4.27. The molecule has 0 amide bonds. The number of ether oxygens (including phenoxy) is 1. The third kappa shape index (κ3) is 5.23. The number of anilines is 2. The lowest BCUT2D eigenvalue weighted by molar-refractivity contribution is 0.206. The van der Waals surface area contributed by atoms with Crippen molar-refractivity contribution in [2.45, 2.75) is 45.2 Å². The second-order valence-electron chi connectivity index (χ2n) is 8.88. The Labute approximate surface area is 184 Å². The van der Waals surface area contributed by atoms with Crippen molar-refractivity contribution in [1.29, 1.82) is 0 Å². The number of hydrogen-bond donors (Lipinski definition) is 1. The van der Waals surface area contributed by atoms with E-state index in [1.807, 2.05) is 18.2 Å². The summed E-state index contributed by atoms with van der Waals surface area (Å²) in [6, 6.07) is 19.5. The normalized spacial score (nSPS) is 20.1. The van der Waals surface area contributed by atoms with Crippen molar-refractivity contribution in [2.24, 2.45) is 5.92 Å². The first-order chi connectivity index (χ1) is 15.2. The minimum absolute atomic E-state index is 0.606. The predicted molar refractivity (Wildman–Crippen MR) is 125 cm³/mol. The molecule has 1 N–H and O–H groups in total. The summed E-state index contributed by atoms with van der Waals surface area (Å²) in [5.74, 6) is 2.16. The average molecular weight is 415 g/mol. The first kappa shape index (κ1) is 20.0. The number of rotatable bonds is 1. The standard InChI is InChI=1S/C26H30N4O/c1-19-5-4-14-31-24-9-3-7-21(16-24)25-12-13-27-26(29-25)28-22-8-2-6-20(15-22)18-30(17-19)23-10-11-23/h2-3,6-9,12-13,15-16,19,23H,4-5,10-11,14,17-18H2,1H3,(H,27,28,29). The molecule has 5 rings (SSSR count). The average Bonchev–Trinajstić information content (AvgIpc) is 3.62. The molecule has 2 heterocycles. The number of aromatic nitrogens is 2. The topological polar surface area (TPSA) is 50.3 Å². The molecule has 1 aromatic heterocycles. The molecule has 0 saturated heterocycles. The highest BCUT2D eigenvalue weighted by Gasteiger charge is 2.29. The van der Waals surface area contributed by atoms with Crippen molar-refractivity contribution in [3.8, 4) is 17.0 Å². The number of nitrogens with zero attached hydrogens (tertiary/aromatic N) is 3. The van der Waals surface area contributed by atoms with Crippen LogP contribution in [-0.2, 0) is 6.54 Å². The Kier molecular flexibility index (Phi) is 5.85. The summed E-state index contributed by atoms with van der Waals surface area (Å²) in [7, 11) is 0. The summed E-state index contributed by atoms with van der Waals surface area (Å²) in [6.07, 6.45) is 6.70. The molecular formula is C26H30N4O. The van der Waals surface area contributed by atoms with E-state index in [2.05, 4.69) is 58.5 Å². The predicted octanol–water partition coefficient (Wildman–Crippen LogP) is 5.66. The molecule has 0 radical (unpaired) electrons. The third-order valence-corrected chi connectivity index (χ3v) is 6.07. The SMILES string of the molecule is CC1CCCOc2cccc(c2)-c2ccnc(n2)Nc2cccc(c2)CN(C2CC2)C1. The van der Waals surface area contributed by atoms with Crippen LogP contribution >= 0.6 is 0 Å². The van der Waals surface area contributed by atoms with Crippen molar-refractivity contribution in [2.75, 3.05) is 18.5 Å². The summed E-state index contributed by atoms with van der Waals surface area (Å²) in [6.45, 7) is 5.25. The summed E-state index contributed by atoms with van der Waals surface area (Å²) >= 11 is 0. The zero-order valence-electron chi connectivity index (χ0n) is 18.1. The molecule has 1 aliphatic carbocycles. The number of nitrogens with one attached hydrogen (secondary N) is 1. The van der Waals surface area contributed by atoms with Crippen molar-refractivity contribution >= 4 is 11.6 Å². The zero-order valence-corrected chi connectivity index (χ0v) is 18.1. The van der Waals surface area contributed by atoms with Crippen LogP contribution in [0.2, 0.25) is 0 Å². The first-order valence-corrected chi connectivity index (χ1v) is 11.4. The molecule has 5 heteroatoms. The van der Waals surface area contributed by atoms with Crippen LogP contribution in [-0.4, -0.2) is 34.1 Å². The Morgan fingerprint density at radius 3 is 2.84 bits per heavy atom. The molecule has 0 spiro atoms. The molecule has 6 bridgehead atoms. The Morgan fingerprint density at radius 1 is 1.03 bits per heavy atom. The van der Waals surface area contributed by atoms with Gasteiger partial charge in [-0.1, -0.05) is 31.2 Å². The smallest absolute Gasteiger partial charge is 0.227 e. The van der Waals surface area contributed by atoms with Crippen LogP contribution < -0.4 is 10.1 Å². The second-order valence-corrected chi connectivity index (χ2v) is 8.88. The van der Waals surface area contributed by atoms with Gasteiger partial charge in [0.05, 0.1) is 12.3 Å². The number of benzene rings is 2. The van der Waals surface area contributed by atoms with Crippen LogP contribution in [0, 0.1) is 5.92 Å². The lowest BCUT2D eigenvalue weighted by Gasteiger charge is -2.26. The van der Waals surface area contributed by atoms with Gasteiger partial charge >= 0.3 is 0 Å². The van der Waals surface area contributed by atoms with Gasteiger partial charge in [-0.05, 0) is 67.5 Å². The first-order valence-electron chi connectivity index (χ1n) is 11.4. The van der Waals surface area contributed by atoms with Crippen LogP contribution in [0.4, 0.5) is 11.6 Å². The van der Waals surface area contributed by atoms with Gasteiger partial charge in [0.1, 0.15) is 5.75 Å². The van der Waals surface area contributed by atoms with Crippen LogP contribution in [0.15, 0.2) is 60.8 Å². The van der Waals surface area contributed by atoms with E-state index in [1.165, 1.54) is 24.8 Å². The van der Waals surface area contributed by atoms with Gasteiger partial charge in [0.25, 0.3) is 0 Å². The van der Waals surface area contributed by atoms with Gasteiger partial charge in [-0.25, -0.2) is 9.97 Å². The van der Waals surface area contributed by atoms with Crippen LogP contribution in [0.1, 0.15) is 38.2 Å². The van der Waals surface area contributed by atoms with E-state index >= 15 is 0 Å². The van der Waals surface area contributed by atoms with Gasteiger partial charge in [-0.15, -0.1) is 0 Å². The molecule has 1 saturated carbocycles. The lowest BCUT2D eigenvalue weighted by Crippen LogP contribution is -2.30. The maximum Gasteiger partial charge on any atom is 0.227 e. The fourth-order valence-corrected chi connectivity index (χ4v) is 4.33. The molecule has 5 nitrogen and oxygen atoms in total. The molecule has 1 atom stereocenters. The molecule has 3 aromatic rings. The molecule has 160 valence electrons. The molecule has 2 aliphatic rings. The van der Waals surface area contributed by atoms with Crippen molar-refractivity contribution in [3.05, 3.63) is 66.4 Å². The van der Waals surface area contributed by atoms with E-state index in [-0.39, 0.29) is 0 Å². The van der Waals surface area contributed by atoms with Crippen LogP contribution in [0.3, 0.4) is 0 Å². The van der Waals surface area contributed by atoms with Gasteiger partial charge in [0.2, 0.25) is 5.95 Å². The van der Waals surface area contributed by atoms with Crippen molar-refractivity contribution in [3.63, 3.8) is 0 Å². The van der Waals surface area contributed by atoms with Gasteiger partial charge < -0.3 is 10.1 Å². The largest absolute Gasteiger partial charge is 0.494 e. The Hall–Kier alpha value is -2.92. The second kappa shape index (κ2) is 9.06. The zero-order chi connectivity index (χ0) is 21.0. The molecule has 1 aliphatic heterocycles. The Balaban J connectivity index is 1.45. The van der Waals surface area contributed by atoms with Crippen molar-refractivity contribution < 1.29 is 4.74 Å². The fraction of sp³-hybridized carbons (Fsp3) is 0.385. The van der Waals surface area contributed by atoms with Gasteiger partial charge in [0, 0.05) is 36.6 Å². The number of fused-ring (bicyclic) bond motifs is 7.